The van der Waals surface area contributed by atoms with Gasteiger partial charge in [-0.25, -0.2) is 5.10 Å². The van der Waals surface area contributed by atoms with Crippen molar-refractivity contribution < 1.29 is 4.79 Å². The maximum Gasteiger partial charge on any atom is 0.248 e. The molecule has 2 aromatic heterocycles. The monoisotopic (exact) mass is 579 g/mol. The van der Waals surface area contributed by atoms with Crippen molar-refractivity contribution >= 4 is 79.9 Å². The maximum atomic E-state index is 12.0. The third-order valence-electron chi connectivity index (χ3n) is 3.60. The van der Waals surface area contributed by atoms with Crippen LogP contribution in [0.1, 0.15) is 27.7 Å². The number of halogens is 2. The van der Waals surface area contributed by atoms with Gasteiger partial charge in [0.2, 0.25) is 11.9 Å². The highest BCUT2D eigenvalue weighted by molar-refractivity contribution is 14.1. The Hall–Kier alpha value is -1.21. The van der Waals surface area contributed by atoms with Gasteiger partial charge >= 0.3 is 0 Å². The van der Waals surface area contributed by atoms with E-state index in [1.165, 1.54) is 22.5 Å². The molecule has 0 aliphatic carbocycles. The summed E-state index contributed by atoms with van der Waals surface area (Å²) in [6.07, 6.45) is 0. The van der Waals surface area contributed by atoms with Crippen LogP contribution in [-0.4, -0.2) is 21.0 Å². The first-order valence-electron chi connectivity index (χ1n) is 7.35. The summed E-state index contributed by atoms with van der Waals surface area (Å²) in [5.41, 5.74) is 11.0. The Balaban J connectivity index is 2.09. The number of nitrogen functional groups attached to an aromatic ring is 1. The minimum absolute atomic E-state index is 0.0993. The van der Waals surface area contributed by atoms with Gasteiger partial charge in [-0.05, 0) is 47.2 Å². The molecule has 0 spiro atoms. The number of nitrogens with two attached hydrogens (primary N) is 1. The number of aromatic nitrogens is 3. The van der Waals surface area contributed by atoms with Gasteiger partial charge in [0.25, 0.3) is 0 Å². The van der Waals surface area contributed by atoms with Crippen molar-refractivity contribution in [1.82, 2.24) is 15.2 Å². The molecule has 4 N–H and O–H groups in total. The van der Waals surface area contributed by atoms with Gasteiger partial charge in [-0.15, -0.1) is 16.4 Å². The number of nitrogens with zero attached hydrogens (tertiary/aromatic N) is 2. The van der Waals surface area contributed by atoms with E-state index < -0.39 is 0 Å². The largest absolute Gasteiger partial charge is 0.368 e. The topological polar surface area (TPSA) is 96.7 Å². The second-order valence-electron chi connectivity index (χ2n) is 5.33. The van der Waals surface area contributed by atoms with Gasteiger partial charge in [0, 0.05) is 20.1 Å². The molecule has 0 aliphatic heterocycles. The fourth-order valence-electron chi connectivity index (χ4n) is 2.63. The van der Waals surface area contributed by atoms with E-state index in [0.29, 0.717) is 5.95 Å². The van der Waals surface area contributed by atoms with E-state index in [-0.39, 0.29) is 11.7 Å². The summed E-state index contributed by atoms with van der Waals surface area (Å²) in [7, 11) is 0. The first-order chi connectivity index (χ1) is 12.0. The number of alkyl halides is 2. The smallest absolute Gasteiger partial charge is 0.248 e. The molecular formula is C16H15I2N5OS. The van der Waals surface area contributed by atoms with E-state index in [1.807, 2.05) is 11.4 Å². The maximum absolute atomic E-state index is 12.0. The summed E-state index contributed by atoms with van der Waals surface area (Å²) in [5, 5.41) is 11.8. The first kappa shape index (κ1) is 18.6. The Labute approximate surface area is 176 Å². The number of aromatic amines is 1. The molecule has 6 nitrogen and oxygen atoms in total. The van der Waals surface area contributed by atoms with E-state index in [4.69, 9.17) is 5.73 Å². The lowest BCUT2D eigenvalue weighted by Gasteiger charge is -2.15. The predicted octanol–water partition coefficient (Wildman–Crippen LogP) is 4.93. The molecule has 0 amide bonds. The Morgan fingerprint density at radius 2 is 2.00 bits per heavy atom. The number of Topliss-reactive ketones (excluding diaryl/α,β-unsaturated/α-hetero) is 1. The van der Waals surface area contributed by atoms with Crippen LogP contribution in [0.5, 0.6) is 0 Å². The van der Waals surface area contributed by atoms with E-state index in [0.717, 1.165) is 30.5 Å². The van der Waals surface area contributed by atoms with Gasteiger partial charge < -0.3 is 11.1 Å². The molecule has 0 bridgehead atoms. The van der Waals surface area contributed by atoms with Crippen molar-refractivity contribution in [2.75, 3.05) is 11.1 Å². The van der Waals surface area contributed by atoms with Gasteiger partial charge in [0.05, 0.1) is 4.88 Å². The minimum atomic E-state index is 0.0993. The van der Waals surface area contributed by atoms with Crippen LogP contribution in [0, 0.1) is 0 Å². The predicted molar refractivity (Wildman–Crippen MR) is 119 cm³/mol. The number of carbonyl (C=O) groups excluding carboxylic acids is 1. The second-order valence-corrected chi connectivity index (χ2v) is 7.77. The molecule has 0 fully saturated rings. The van der Waals surface area contributed by atoms with Crippen LogP contribution in [0.2, 0.25) is 0 Å². The zero-order valence-corrected chi connectivity index (χ0v) is 18.4. The first-order valence-corrected chi connectivity index (χ1v) is 11.3. The van der Waals surface area contributed by atoms with Crippen LogP contribution in [0.4, 0.5) is 17.6 Å². The van der Waals surface area contributed by atoms with E-state index >= 15 is 0 Å². The quantitative estimate of drug-likeness (QED) is 0.219. The summed E-state index contributed by atoms with van der Waals surface area (Å²) in [6, 6.07) is 6.18. The molecule has 0 aliphatic rings. The Bertz CT molecular complexity index is 896. The summed E-state index contributed by atoms with van der Waals surface area (Å²) >= 11 is 6.19. The average Bonchev–Trinajstić information content (AvgIpc) is 3.23. The lowest BCUT2D eigenvalue weighted by molar-refractivity contribution is 0.102. The van der Waals surface area contributed by atoms with Gasteiger partial charge in [-0.1, -0.05) is 45.2 Å². The number of nitrogens with one attached hydrogen (secondary N) is 2. The molecular weight excluding hydrogens is 564 g/mol. The van der Waals surface area contributed by atoms with E-state index in [9.17, 15) is 4.79 Å². The second kappa shape index (κ2) is 7.99. The number of carbonyl (C=O) groups is 1. The molecule has 0 saturated heterocycles. The van der Waals surface area contributed by atoms with Crippen LogP contribution in [0.15, 0.2) is 23.6 Å². The van der Waals surface area contributed by atoms with Crippen molar-refractivity contribution in [2.24, 2.45) is 0 Å². The summed E-state index contributed by atoms with van der Waals surface area (Å²) in [5.74, 6) is 0.804. The van der Waals surface area contributed by atoms with Gasteiger partial charge in [0.1, 0.15) is 0 Å². The third-order valence-corrected chi connectivity index (χ3v) is 6.26. The number of rotatable bonds is 6. The highest BCUT2D eigenvalue weighted by atomic mass is 127. The molecule has 9 heteroatoms. The highest BCUT2D eigenvalue weighted by Gasteiger charge is 2.18. The molecule has 3 aromatic rings. The Morgan fingerprint density at radius 1 is 1.32 bits per heavy atom. The zero-order chi connectivity index (χ0) is 18.0. The average molecular weight is 579 g/mol. The summed E-state index contributed by atoms with van der Waals surface area (Å²) in [4.78, 5) is 16.9. The lowest BCUT2D eigenvalue weighted by Crippen LogP contribution is -2.00. The summed E-state index contributed by atoms with van der Waals surface area (Å²) < 4.78 is 1.66. The van der Waals surface area contributed by atoms with Crippen LogP contribution in [0.3, 0.4) is 0 Å². The molecule has 2 heterocycles. The number of benzene rings is 1. The van der Waals surface area contributed by atoms with E-state index in [1.54, 1.807) is 6.92 Å². The normalized spacial score (nSPS) is 10.8. The Morgan fingerprint density at radius 3 is 2.52 bits per heavy atom. The fourth-order valence-corrected chi connectivity index (χ4v) is 4.64. The molecule has 0 radical (unpaired) electrons. The van der Waals surface area contributed by atoms with Crippen molar-refractivity contribution in [2.45, 2.75) is 15.8 Å². The molecule has 0 unspecified atom stereocenters. The molecule has 25 heavy (non-hydrogen) atoms. The SMILES string of the molecule is CC(=O)c1sccc1-c1c(CI)cc(Nc2n[nH]c(N)n2)cc1CI. The number of anilines is 3. The van der Waals surface area contributed by atoms with Crippen molar-refractivity contribution in [3.8, 4) is 11.1 Å². The van der Waals surface area contributed by atoms with Gasteiger partial charge in [-0.2, -0.15) is 4.98 Å². The fraction of sp³-hybridized carbons (Fsp3) is 0.188. The van der Waals surface area contributed by atoms with Crippen molar-refractivity contribution in [3.63, 3.8) is 0 Å². The van der Waals surface area contributed by atoms with Crippen LogP contribution in [-0.2, 0) is 8.86 Å². The van der Waals surface area contributed by atoms with Crippen LogP contribution in [0.25, 0.3) is 11.1 Å². The van der Waals surface area contributed by atoms with Crippen molar-refractivity contribution in [1.29, 1.82) is 0 Å². The molecule has 0 atom stereocenters. The van der Waals surface area contributed by atoms with Crippen LogP contribution < -0.4 is 11.1 Å². The lowest BCUT2D eigenvalue weighted by atomic mass is 9.94. The molecule has 3 rings (SSSR count). The highest BCUT2D eigenvalue weighted by Crippen LogP contribution is 2.38. The molecule has 1 aromatic carbocycles. The zero-order valence-electron chi connectivity index (χ0n) is 13.3. The molecule has 0 saturated carbocycles. The van der Waals surface area contributed by atoms with Crippen molar-refractivity contribution in [3.05, 3.63) is 39.6 Å². The third kappa shape index (κ3) is 3.97. The van der Waals surface area contributed by atoms with Crippen LogP contribution >= 0.6 is 56.5 Å². The Kier molecular flexibility index (Phi) is 5.94. The number of H-pyrrole nitrogens is 1. The van der Waals surface area contributed by atoms with Gasteiger partial charge in [0.15, 0.2) is 5.78 Å². The minimum Gasteiger partial charge on any atom is -0.368 e. The van der Waals surface area contributed by atoms with Gasteiger partial charge in [-0.3, -0.25) is 4.79 Å². The standard InChI is InChI=1S/C16H15I2N5OS/c1-8(24)14-12(2-3-25-14)13-9(6-17)4-11(5-10(13)7-18)20-16-21-15(19)22-23-16/h2-5H,6-7H2,1H3,(H4,19,20,21,22,23). The molecule has 130 valence electrons. The number of ketones is 1. The number of hydrogen-bond donors (Lipinski definition) is 3. The number of thiophene rings is 1. The van der Waals surface area contributed by atoms with E-state index in [2.05, 4.69) is 77.8 Å². The number of hydrogen-bond acceptors (Lipinski definition) is 6. The summed E-state index contributed by atoms with van der Waals surface area (Å²) in [6.45, 7) is 1.62.